The molecule has 1 fully saturated rings. The highest BCUT2D eigenvalue weighted by Gasteiger charge is 2.25. The number of ether oxygens (including phenoxy) is 1. The van der Waals surface area contributed by atoms with E-state index in [2.05, 4.69) is 15.5 Å². The fraction of sp³-hybridized carbons (Fsp3) is 0.500. The summed E-state index contributed by atoms with van der Waals surface area (Å²) in [6.45, 7) is 0.935. The molecule has 0 unspecified atom stereocenters. The van der Waals surface area contributed by atoms with E-state index in [1.165, 1.54) is 0 Å². The number of nitrogens with two attached hydrogens (primary N) is 1. The molecule has 2 aromatic rings. The summed E-state index contributed by atoms with van der Waals surface area (Å²) in [5, 5.41) is 9.02. The van der Waals surface area contributed by atoms with Crippen molar-refractivity contribution in [2.75, 3.05) is 25.4 Å². The molecule has 1 saturated heterocycles. The average Bonchev–Trinajstić information content (AvgIpc) is 2.92. The molecule has 120 valence electrons. The van der Waals surface area contributed by atoms with Gasteiger partial charge in [0, 0.05) is 0 Å². The average molecular weight is 314 g/mol. The first-order valence-corrected chi connectivity index (χ1v) is 7.16. The molecular formula is C14H17F3N4O. The van der Waals surface area contributed by atoms with Crippen molar-refractivity contribution in [3.63, 3.8) is 0 Å². The second kappa shape index (κ2) is 6.04. The maximum absolute atomic E-state index is 14.2. The Morgan fingerprint density at radius 2 is 1.95 bits per heavy atom. The molecule has 0 amide bonds. The molecule has 1 aromatic heterocycles. The third-order valence-corrected chi connectivity index (χ3v) is 4.04. The number of aromatic nitrogens is 2. The lowest BCUT2D eigenvalue weighted by Gasteiger charge is -2.23. The minimum absolute atomic E-state index is 0.0409. The fourth-order valence-corrected chi connectivity index (χ4v) is 2.78. The molecule has 2 heterocycles. The van der Waals surface area contributed by atoms with E-state index in [9.17, 15) is 13.2 Å². The van der Waals surface area contributed by atoms with E-state index in [1.54, 1.807) is 0 Å². The van der Waals surface area contributed by atoms with Crippen molar-refractivity contribution in [1.82, 2.24) is 15.5 Å². The number of nitrogen functional groups attached to an aromatic ring is 1. The molecule has 22 heavy (non-hydrogen) atoms. The van der Waals surface area contributed by atoms with Crippen molar-refractivity contribution in [3.05, 3.63) is 17.2 Å². The van der Waals surface area contributed by atoms with Gasteiger partial charge in [0.15, 0.2) is 17.4 Å². The number of halogens is 3. The van der Waals surface area contributed by atoms with E-state index in [-0.39, 0.29) is 34.8 Å². The normalized spacial score (nSPS) is 16.3. The topological polar surface area (TPSA) is 76.0 Å². The summed E-state index contributed by atoms with van der Waals surface area (Å²) < 4.78 is 47.1. The Morgan fingerprint density at radius 3 is 2.64 bits per heavy atom. The quantitative estimate of drug-likeness (QED) is 0.809. The second-order valence-electron chi connectivity index (χ2n) is 5.43. The van der Waals surface area contributed by atoms with E-state index in [0.29, 0.717) is 0 Å². The number of aromatic amines is 1. The molecule has 1 aliphatic rings. The molecule has 0 saturated carbocycles. The summed E-state index contributed by atoms with van der Waals surface area (Å²) in [6, 6.07) is 0. The zero-order valence-corrected chi connectivity index (χ0v) is 11.9. The van der Waals surface area contributed by atoms with Gasteiger partial charge in [0.1, 0.15) is 6.67 Å². The molecule has 3 rings (SSSR count). The molecular weight excluding hydrogens is 297 g/mol. The zero-order valence-electron chi connectivity index (χ0n) is 11.9. The van der Waals surface area contributed by atoms with Crippen LogP contribution in [0.4, 0.5) is 19.0 Å². The molecule has 1 aromatic carbocycles. The van der Waals surface area contributed by atoms with Gasteiger partial charge in [-0.2, -0.15) is 9.49 Å². The Balaban J connectivity index is 1.95. The van der Waals surface area contributed by atoms with Crippen molar-refractivity contribution in [1.29, 1.82) is 0 Å². The maximum atomic E-state index is 14.2. The summed E-state index contributed by atoms with van der Waals surface area (Å²) in [4.78, 5) is 0. The minimum atomic E-state index is -1.22. The summed E-state index contributed by atoms with van der Waals surface area (Å²) in [6.07, 6.45) is 1.77. The molecule has 0 spiro atoms. The minimum Gasteiger partial charge on any atom is -0.490 e. The lowest BCUT2D eigenvalue weighted by Crippen LogP contribution is -2.30. The Morgan fingerprint density at radius 1 is 1.23 bits per heavy atom. The van der Waals surface area contributed by atoms with Crippen LogP contribution in [0.2, 0.25) is 0 Å². The van der Waals surface area contributed by atoms with E-state index in [1.807, 2.05) is 0 Å². The summed E-state index contributed by atoms with van der Waals surface area (Å²) in [5.41, 5.74) is 5.44. The van der Waals surface area contributed by atoms with Crippen molar-refractivity contribution in [2.45, 2.75) is 19.5 Å². The number of alkyl halides is 1. The fourth-order valence-electron chi connectivity index (χ4n) is 2.78. The van der Waals surface area contributed by atoms with Gasteiger partial charge in [-0.3, -0.25) is 5.10 Å². The van der Waals surface area contributed by atoms with Crippen LogP contribution < -0.4 is 15.8 Å². The summed E-state index contributed by atoms with van der Waals surface area (Å²) in [5.74, 6) is -2.75. The molecule has 4 N–H and O–H groups in total. The van der Waals surface area contributed by atoms with Crippen LogP contribution in [-0.2, 0) is 6.67 Å². The van der Waals surface area contributed by atoms with Crippen molar-refractivity contribution in [3.8, 4) is 5.75 Å². The predicted molar refractivity (Wildman–Crippen MR) is 76.3 cm³/mol. The van der Waals surface area contributed by atoms with E-state index in [4.69, 9.17) is 10.5 Å². The molecule has 5 nitrogen and oxygen atoms in total. The van der Waals surface area contributed by atoms with Gasteiger partial charge < -0.3 is 15.8 Å². The number of anilines is 1. The van der Waals surface area contributed by atoms with Gasteiger partial charge in [-0.25, -0.2) is 8.78 Å². The number of nitrogens with zero attached hydrogens (tertiary/aromatic N) is 1. The van der Waals surface area contributed by atoms with E-state index < -0.39 is 24.1 Å². The first-order valence-electron chi connectivity index (χ1n) is 7.16. The van der Waals surface area contributed by atoms with Crippen molar-refractivity contribution in [2.24, 2.45) is 5.92 Å². The number of H-pyrrole nitrogens is 1. The number of benzene rings is 1. The number of hydrogen-bond donors (Lipinski definition) is 3. The van der Waals surface area contributed by atoms with Gasteiger partial charge in [0.2, 0.25) is 5.82 Å². The van der Waals surface area contributed by atoms with Crippen LogP contribution in [0.3, 0.4) is 0 Å². The number of hydrogen-bond acceptors (Lipinski definition) is 4. The van der Waals surface area contributed by atoms with Crippen LogP contribution in [0.5, 0.6) is 5.75 Å². The molecule has 0 aliphatic carbocycles. The summed E-state index contributed by atoms with van der Waals surface area (Å²) in [7, 11) is 0. The Labute approximate surface area is 125 Å². The first-order chi connectivity index (χ1) is 10.6. The van der Waals surface area contributed by atoms with Gasteiger partial charge in [-0.1, -0.05) is 0 Å². The van der Waals surface area contributed by atoms with Crippen LogP contribution in [0, 0.1) is 17.6 Å². The lowest BCUT2D eigenvalue weighted by atomic mass is 9.99. The van der Waals surface area contributed by atoms with Gasteiger partial charge in [-0.15, -0.1) is 0 Å². The monoisotopic (exact) mass is 314 g/mol. The number of piperidine rings is 1. The second-order valence-corrected chi connectivity index (χ2v) is 5.43. The number of rotatable bonds is 4. The molecule has 0 bridgehead atoms. The Hall–Kier alpha value is -1.96. The van der Waals surface area contributed by atoms with Crippen molar-refractivity contribution >= 4 is 16.7 Å². The molecule has 1 aliphatic heterocycles. The largest absolute Gasteiger partial charge is 0.490 e. The van der Waals surface area contributed by atoms with Crippen molar-refractivity contribution < 1.29 is 17.9 Å². The van der Waals surface area contributed by atoms with Gasteiger partial charge in [0.25, 0.3) is 0 Å². The Kier molecular flexibility index (Phi) is 4.10. The molecule has 0 atom stereocenters. The van der Waals surface area contributed by atoms with Crippen LogP contribution in [0.15, 0.2) is 0 Å². The highest BCUT2D eigenvalue weighted by atomic mass is 19.2. The SMILES string of the molecule is Nc1n[nH]c2c(CF)c(OCC3CCNCC3)c(F)c(F)c12. The third kappa shape index (κ3) is 2.47. The highest BCUT2D eigenvalue weighted by molar-refractivity contribution is 5.93. The van der Waals surface area contributed by atoms with Crippen LogP contribution in [0.25, 0.3) is 10.9 Å². The smallest absolute Gasteiger partial charge is 0.201 e. The Bertz CT molecular complexity index is 683. The van der Waals surface area contributed by atoms with E-state index in [0.717, 1.165) is 25.9 Å². The van der Waals surface area contributed by atoms with Crippen LogP contribution >= 0.6 is 0 Å². The third-order valence-electron chi connectivity index (χ3n) is 4.04. The van der Waals surface area contributed by atoms with Gasteiger partial charge in [-0.05, 0) is 31.8 Å². The zero-order chi connectivity index (χ0) is 15.7. The van der Waals surface area contributed by atoms with E-state index >= 15 is 0 Å². The maximum Gasteiger partial charge on any atom is 0.201 e. The van der Waals surface area contributed by atoms with Gasteiger partial charge >= 0.3 is 0 Å². The highest BCUT2D eigenvalue weighted by Crippen LogP contribution is 2.36. The lowest BCUT2D eigenvalue weighted by molar-refractivity contribution is 0.203. The van der Waals surface area contributed by atoms with Crippen LogP contribution in [0.1, 0.15) is 18.4 Å². The predicted octanol–water partition coefficient (Wildman–Crippen LogP) is 2.27. The van der Waals surface area contributed by atoms with Gasteiger partial charge in [0.05, 0.1) is 23.1 Å². The summed E-state index contributed by atoms with van der Waals surface area (Å²) >= 11 is 0. The number of nitrogens with one attached hydrogen (secondary N) is 2. The molecule has 0 radical (unpaired) electrons. The van der Waals surface area contributed by atoms with Crippen LogP contribution in [-0.4, -0.2) is 29.9 Å². The number of fused-ring (bicyclic) bond motifs is 1. The first kappa shape index (κ1) is 15.0. The molecule has 8 heteroatoms. The standard InChI is InChI=1S/C14H17F3N4O/c15-5-8-12-9(14(18)21-20-12)10(16)11(17)13(8)22-6-7-1-3-19-4-2-7/h7,19H,1-6H2,(H3,18,20,21).